The Hall–Kier alpha value is -1.22. The van der Waals surface area contributed by atoms with Gasteiger partial charge in [0.25, 0.3) is 11.0 Å². The lowest BCUT2D eigenvalue weighted by atomic mass is 10.0. The maximum atomic E-state index is 11.7. The molecule has 1 amide bonds. The van der Waals surface area contributed by atoms with Crippen molar-refractivity contribution in [2.45, 2.75) is 82.6 Å². The Morgan fingerprint density at radius 1 is 0.958 bits per heavy atom. The van der Waals surface area contributed by atoms with Gasteiger partial charge in [-0.15, -0.1) is 0 Å². The fourth-order valence-electron chi connectivity index (χ4n) is 2.74. The molecule has 24 heavy (non-hydrogen) atoms. The number of rotatable bonds is 14. The molecular formula is C20H32ClNO2. The van der Waals surface area contributed by atoms with Crippen molar-refractivity contribution in [2.24, 2.45) is 5.73 Å². The van der Waals surface area contributed by atoms with E-state index in [2.05, 4.69) is 6.92 Å². The third-order valence-corrected chi connectivity index (χ3v) is 4.70. The molecule has 1 rings (SSSR count). The molecule has 0 saturated heterocycles. The molecule has 3 nitrogen and oxygen atoms in total. The average molecular weight is 354 g/mol. The summed E-state index contributed by atoms with van der Waals surface area (Å²) in [5.41, 5.74) is 5.44. The van der Waals surface area contributed by atoms with Crippen LogP contribution in [-0.2, 0) is 4.79 Å². The number of amides is 1. The van der Waals surface area contributed by atoms with E-state index < -0.39 is 11.0 Å². The van der Waals surface area contributed by atoms with E-state index in [-0.39, 0.29) is 0 Å². The van der Waals surface area contributed by atoms with Gasteiger partial charge in [-0.05, 0) is 18.6 Å². The smallest absolute Gasteiger partial charge is 0.277 e. The highest BCUT2D eigenvalue weighted by atomic mass is 35.5. The van der Waals surface area contributed by atoms with E-state index in [1.165, 1.54) is 51.4 Å². The summed E-state index contributed by atoms with van der Waals surface area (Å²) in [4.78, 5) is 11.7. The Balaban J connectivity index is 2.19. The molecule has 0 aliphatic heterocycles. The van der Waals surface area contributed by atoms with Crippen molar-refractivity contribution >= 4 is 17.5 Å². The van der Waals surface area contributed by atoms with Gasteiger partial charge in [0.1, 0.15) is 5.75 Å². The predicted octanol–water partition coefficient (Wildman–Crippen LogP) is 5.80. The molecule has 0 heterocycles. The molecule has 0 aliphatic carbocycles. The summed E-state index contributed by atoms with van der Waals surface area (Å²) in [6.45, 7) is 2.24. The Morgan fingerprint density at radius 3 is 1.96 bits per heavy atom. The van der Waals surface area contributed by atoms with E-state index in [4.69, 9.17) is 22.1 Å². The lowest BCUT2D eigenvalue weighted by Crippen LogP contribution is -2.43. The molecule has 1 atom stereocenters. The summed E-state index contributed by atoms with van der Waals surface area (Å²) in [6, 6.07) is 9.12. The van der Waals surface area contributed by atoms with Crippen LogP contribution in [0.3, 0.4) is 0 Å². The topological polar surface area (TPSA) is 52.3 Å². The molecule has 0 aromatic heterocycles. The summed E-state index contributed by atoms with van der Waals surface area (Å²) in [5.74, 6) is -0.0534. The van der Waals surface area contributed by atoms with Gasteiger partial charge in [0.15, 0.2) is 0 Å². The third kappa shape index (κ3) is 8.58. The molecule has 4 heteroatoms. The van der Waals surface area contributed by atoms with E-state index in [1.807, 2.05) is 18.2 Å². The van der Waals surface area contributed by atoms with E-state index in [0.29, 0.717) is 12.2 Å². The van der Waals surface area contributed by atoms with E-state index in [0.717, 1.165) is 12.8 Å². The van der Waals surface area contributed by atoms with Gasteiger partial charge >= 0.3 is 0 Å². The predicted molar refractivity (Wildman–Crippen MR) is 101 cm³/mol. The lowest BCUT2D eigenvalue weighted by molar-refractivity contribution is -0.127. The first-order valence-corrected chi connectivity index (χ1v) is 9.69. The molecule has 2 N–H and O–H groups in total. The molecule has 0 bridgehead atoms. The van der Waals surface area contributed by atoms with Gasteiger partial charge in [-0.1, -0.05) is 94.5 Å². The number of carbonyl (C=O) groups excluding carboxylic acids is 1. The second-order valence-corrected chi connectivity index (χ2v) is 7.05. The van der Waals surface area contributed by atoms with Crippen molar-refractivity contribution in [3.8, 4) is 5.75 Å². The molecular weight excluding hydrogens is 322 g/mol. The Labute approximate surface area is 151 Å². The van der Waals surface area contributed by atoms with Crippen LogP contribution in [0.2, 0.25) is 0 Å². The Morgan fingerprint density at radius 2 is 1.46 bits per heavy atom. The van der Waals surface area contributed by atoms with Crippen molar-refractivity contribution in [3.05, 3.63) is 30.3 Å². The zero-order chi connectivity index (χ0) is 17.7. The lowest BCUT2D eigenvalue weighted by Gasteiger charge is -2.25. The molecule has 0 spiro atoms. The van der Waals surface area contributed by atoms with Crippen molar-refractivity contribution in [3.63, 3.8) is 0 Å². The van der Waals surface area contributed by atoms with Crippen LogP contribution in [0.1, 0.15) is 77.6 Å². The molecule has 136 valence electrons. The quantitative estimate of drug-likeness (QED) is 0.339. The number of nitrogens with two attached hydrogens (primary N) is 1. The van der Waals surface area contributed by atoms with Gasteiger partial charge in [-0.25, -0.2) is 0 Å². The molecule has 1 unspecified atom stereocenters. The fraction of sp³-hybridized carbons (Fsp3) is 0.650. The standard InChI is InChI=1S/C20H32ClNO2/c1-2-3-4-5-6-7-8-9-10-14-17-20(21,19(22)23)24-18-15-12-11-13-16-18/h11-13,15-16H,2-10,14,17H2,1H3,(H2,22,23). The summed E-state index contributed by atoms with van der Waals surface area (Å²) in [5, 5.41) is -1.44. The van der Waals surface area contributed by atoms with Crippen LogP contribution in [0.4, 0.5) is 0 Å². The summed E-state index contributed by atoms with van der Waals surface area (Å²) >= 11 is 6.32. The first kappa shape index (κ1) is 20.8. The molecule has 0 aliphatic rings. The van der Waals surface area contributed by atoms with Crippen LogP contribution in [0.5, 0.6) is 5.75 Å². The summed E-state index contributed by atoms with van der Waals surface area (Å²) in [7, 11) is 0. The highest BCUT2D eigenvalue weighted by Crippen LogP contribution is 2.27. The van der Waals surface area contributed by atoms with Gasteiger partial charge in [0.2, 0.25) is 0 Å². The molecule has 0 radical (unpaired) electrons. The number of hydrogen-bond donors (Lipinski definition) is 1. The minimum absolute atomic E-state index is 0.440. The summed E-state index contributed by atoms with van der Waals surface area (Å²) < 4.78 is 5.64. The van der Waals surface area contributed by atoms with Gasteiger partial charge in [0, 0.05) is 6.42 Å². The highest BCUT2D eigenvalue weighted by molar-refractivity contribution is 6.33. The zero-order valence-corrected chi connectivity index (χ0v) is 15.7. The van der Waals surface area contributed by atoms with Crippen molar-refractivity contribution in [1.82, 2.24) is 0 Å². The minimum atomic E-state index is -1.44. The first-order chi connectivity index (χ1) is 11.6. The first-order valence-electron chi connectivity index (χ1n) is 9.31. The van der Waals surface area contributed by atoms with Crippen molar-refractivity contribution < 1.29 is 9.53 Å². The van der Waals surface area contributed by atoms with E-state index in [1.54, 1.807) is 12.1 Å². The van der Waals surface area contributed by atoms with Crippen molar-refractivity contribution in [1.29, 1.82) is 0 Å². The monoisotopic (exact) mass is 353 g/mol. The Bertz CT molecular complexity index is 452. The molecule has 0 fully saturated rings. The maximum absolute atomic E-state index is 11.7. The number of primary amides is 1. The highest BCUT2D eigenvalue weighted by Gasteiger charge is 2.36. The zero-order valence-electron chi connectivity index (χ0n) is 14.9. The number of halogens is 1. The Kier molecular flexibility index (Phi) is 10.6. The fourth-order valence-corrected chi connectivity index (χ4v) is 2.96. The summed E-state index contributed by atoms with van der Waals surface area (Å²) in [6.07, 6.45) is 12.7. The SMILES string of the molecule is CCCCCCCCCCCCC(Cl)(Oc1ccccc1)C(N)=O. The number of alkyl halides is 1. The maximum Gasteiger partial charge on any atom is 0.277 e. The number of ether oxygens (including phenoxy) is 1. The second-order valence-electron chi connectivity index (χ2n) is 6.44. The van der Waals surface area contributed by atoms with Crippen LogP contribution in [0, 0.1) is 0 Å². The molecule has 0 saturated carbocycles. The second kappa shape index (κ2) is 12.2. The van der Waals surface area contributed by atoms with Gasteiger partial charge < -0.3 is 10.5 Å². The number of benzene rings is 1. The van der Waals surface area contributed by atoms with Crippen LogP contribution < -0.4 is 10.5 Å². The minimum Gasteiger partial charge on any atom is -0.463 e. The van der Waals surface area contributed by atoms with Gasteiger partial charge in [-0.3, -0.25) is 4.79 Å². The third-order valence-electron chi connectivity index (χ3n) is 4.24. The van der Waals surface area contributed by atoms with E-state index in [9.17, 15) is 4.79 Å². The van der Waals surface area contributed by atoms with Gasteiger partial charge in [0.05, 0.1) is 0 Å². The van der Waals surface area contributed by atoms with Crippen molar-refractivity contribution in [2.75, 3.05) is 0 Å². The normalized spacial score (nSPS) is 13.4. The van der Waals surface area contributed by atoms with Crippen LogP contribution in [-0.4, -0.2) is 11.0 Å². The number of carbonyl (C=O) groups is 1. The molecule has 1 aromatic carbocycles. The largest absolute Gasteiger partial charge is 0.463 e. The number of unbranched alkanes of at least 4 members (excludes halogenated alkanes) is 9. The average Bonchev–Trinajstić information content (AvgIpc) is 2.57. The van der Waals surface area contributed by atoms with Crippen LogP contribution in [0.25, 0.3) is 0 Å². The molecule has 1 aromatic rings. The van der Waals surface area contributed by atoms with Crippen LogP contribution in [0.15, 0.2) is 30.3 Å². The number of hydrogen-bond acceptors (Lipinski definition) is 2. The van der Waals surface area contributed by atoms with Crippen LogP contribution >= 0.6 is 11.6 Å². The van der Waals surface area contributed by atoms with Gasteiger partial charge in [-0.2, -0.15) is 0 Å². The number of para-hydroxylation sites is 1. The van der Waals surface area contributed by atoms with E-state index >= 15 is 0 Å².